The van der Waals surface area contributed by atoms with Crippen LogP contribution in [0.5, 0.6) is 0 Å². The zero-order valence-electron chi connectivity index (χ0n) is 18.1. The predicted molar refractivity (Wildman–Crippen MR) is 106 cm³/mol. The molecular weight excluding hydrogens is 370 g/mol. The molecule has 3 aliphatic heterocycles. The van der Waals surface area contributed by atoms with Crippen molar-refractivity contribution in [3.05, 3.63) is 0 Å². The number of nitrogens with zero attached hydrogens (tertiary/aromatic N) is 1. The number of carbonyl (C=O) groups is 1. The highest BCUT2D eigenvalue weighted by atomic mass is 16.7. The molecule has 0 spiro atoms. The Morgan fingerprint density at radius 2 is 1.97 bits per heavy atom. The minimum absolute atomic E-state index is 0.0867. The van der Waals surface area contributed by atoms with Gasteiger partial charge in [0.1, 0.15) is 12.2 Å². The van der Waals surface area contributed by atoms with Crippen molar-refractivity contribution < 1.29 is 25.0 Å². The highest BCUT2D eigenvalue weighted by Crippen LogP contribution is 2.28. The molecular formula is C21H40N5O3+. The van der Waals surface area contributed by atoms with Gasteiger partial charge in [0, 0.05) is 37.1 Å². The lowest BCUT2D eigenvalue weighted by atomic mass is 9.82. The number of likely N-dealkylation sites (tertiary alicyclic amines) is 1. The quantitative estimate of drug-likeness (QED) is 0.379. The summed E-state index contributed by atoms with van der Waals surface area (Å²) in [5.41, 5.74) is 3.31. The van der Waals surface area contributed by atoms with Crippen molar-refractivity contribution in [2.24, 2.45) is 17.8 Å². The van der Waals surface area contributed by atoms with Crippen molar-refractivity contribution in [2.75, 3.05) is 33.7 Å². The third-order valence-electron chi connectivity index (χ3n) is 7.98. The number of hydroxylamine groups is 1. The second-order valence-corrected chi connectivity index (χ2v) is 10.0. The topological polar surface area (TPSA) is 97.7 Å². The summed E-state index contributed by atoms with van der Waals surface area (Å²) >= 11 is 0. The number of aliphatic carboxylic acids is 1. The molecule has 0 radical (unpaired) electrons. The highest BCUT2D eigenvalue weighted by molar-refractivity contribution is 5.67. The van der Waals surface area contributed by atoms with Gasteiger partial charge in [-0.25, -0.2) is 0 Å². The molecule has 4 fully saturated rings. The Kier molecular flexibility index (Phi) is 7.09. The van der Waals surface area contributed by atoms with Crippen LogP contribution < -0.4 is 26.1 Å². The van der Waals surface area contributed by atoms with Crippen LogP contribution in [-0.2, 0) is 9.63 Å². The normalized spacial score (nSPS) is 43.7. The van der Waals surface area contributed by atoms with Crippen molar-refractivity contribution >= 4 is 5.97 Å². The number of carboxylic acids is 1. The number of piperidine rings is 1. The molecule has 4 aliphatic rings. The van der Waals surface area contributed by atoms with Crippen molar-refractivity contribution in [1.29, 1.82) is 0 Å². The van der Waals surface area contributed by atoms with Gasteiger partial charge < -0.3 is 20.1 Å². The Hall–Kier alpha value is -0.770. The fraction of sp³-hybridized carbons (Fsp3) is 0.952. The summed E-state index contributed by atoms with van der Waals surface area (Å²) in [6.45, 7) is 3.49. The Labute approximate surface area is 174 Å². The second-order valence-electron chi connectivity index (χ2n) is 10.0. The molecule has 0 aromatic heterocycles. The van der Waals surface area contributed by atoms with Crippen LogP contribution >= 0.6 is 0 Å². The third-order valence-corrected chi connectivity index (χ3v) is 7.98. The molecule has 3 saturated heterocycles. The number of hydrogen-bond acceptors (Lipinski definition) is 6. The van der Waals surface area contributed by atoms with Crippen LogP contribution in [0.3, 0.4) is 0 Å². The average molecular weight is 411 g/mol. The first-order chi connectivity index (χ1) is 14.0. The van der Waals surface area contributed by atoms with Gasteiger partial charge in [-0.05, 0) is 52.1 Å². The van der Waals surface area contributed by atoms with Crippen LogP contribution in [0.25, 0.3) is 0 Å². The molecule has 166 valence electrons. The van der Waals surface area contributed by atoms with Crippen LogP contribution in [0.1, 0.15) is 51.4 Å². The van der Waals surface area contributed by atoms with Crippen LogP contribution in [-0.4, -0.2) is 69.2 Å². The molecule has 0 amide bonds. The molecule has 8 heteroatoms. The first-order valence-corrected chi connectivity index (χ1v) is 11.7. The number of quaternary nitrogens is 2. The van der Waals surface area contributed by atoms with E-state index < -0.39 is 5.97 Å². The Bertz CT molecular complexity index is 546. The number of nitrogens with one attached hydrogen (secondary N) is 3. The Morgan fingerprint density at radius 3 is 2.62 bits per heavy atom. The van der Waals surface area contributed by atoms with Crippen molar-refractivity contribution in [2.45, 2.75) is 76.0 Å². The lowest BCUT2D eigenvalue weighted by molar-refractivity contribution is -0.919. The standard InChI is InChI=1S/C21H39N5O3/c1-25(2)18-10-9-16(12-22-18)19-23-20(29-24-19)17-4-3-11-26(17)13-14-5-7-15(8-6-14)21(27)28/h14-20,22-24H,3-13H2,1-2H3,(H,27,28)/p+1. The third kappa shape index (κ3) is 5.11. The van der Waals surface area contributed by atoms with E-state index in [1.54, 1.807) is 4.90 Å². The average Bonchev–Trinajstić information content (AvgIpc) is 3.38. The first-order valence-electron chi connectivity index (χ1n) is 11.7. The number of nitrogens with two attached hydrogens (primary N) is 1. The molecule has 6 unspecified atom stereocenters. The van der Waals surface area contributed by atoms with Crippen LogP contribution in [0, 0.1) is 17.8 Å². The summed E-state index contributed by atoms with van der Waals surface area (Å²) in [6.07, 6.45) is 9.48. The zero-order chi connectivity index (χ0) is 20.4. The van der Waals surface area contributed by atoms with Gasteiger partial charge in [0.25, 0.3) is 0 Å². The molecule has 29 heavy (non-hydrogen) atoms. The SMILES string of the molecule is CN(C)C1CCC(C2NOC(C3CCC[NH+]3CC3CCC(C(=O)[O-])CC3)N2)C[NH2+]1. The minimum atomic E-state index is -0.854. The summed E-state index contributed by atoms with van der Waals surface area (Å²) in [7, 11) is 4.32. The van der Waals surface area contributed by atoms with E-state index in [2.05, 4.69) is 35.1 Å². The van der Waals surface area contributed by atoms with E-state index >= 15 is 0 Å². The first kappa shape index (κ1) is 21.5. The molecule has 0 aromatic rings. The molecule has 0 bridgehead atoms. The fourth-order valence-corrected chi connectivity index (χ4v) is 6.08. The zero-order valence-corrected chi connectivity index (χ0v) is 18.1. The monoisotopic (exact) mass is 410 g/mol. The van der Waals surface area contributed by atoms with Gasteiger partial charge in [-0.15, -0.1) is 0 Å². The number of carbonyl (C=O) groups excluding carboxylic acids is 1. The molecule has 1 aliphatic carbocycles. The Balaban J connectivity index is 1.24. The maximum atomic E-state index is 11.1. The number of carboxylic acid groups (broad SMARTS) is 1. The van der Waals surface area contributed by atoms with E-state index in [0.717, 1.165) is 38.8 Å². The molecule has 3 heterocycles. The molecule has 8 nitrogen and oxygen atoms in total. The summed E-state index contributed by atoms with van der Waals surface area (Å²) in [6, 6.07) is 0.494. The lowest BCUT2D eigenvalue weighted by Crippen LogP contribution is -3.15. The number of hydrogen-bond donors (Lipinski definition) is 4. The van der Waals surface area contributed by atoms with E-state index in [0.29, 0.717) is 24.0 Å². The van der Waals surface area contributed by atoms with Crippen LogP contribution in [0.4, 0.5) is 0 Å². The van der Waals surface area contributed by atoms with Crippen molar-refractivity contribution in [3.8, 4) is 0 Å². The Morgan fingerprint density at radius 1 is 1.17 bits per heavy atom. The summed E-state index contributed by atoms with van der Waals surface area (Å²) in [5, 5.41) is 17.3. The largest absolute Gasteiger partial charge is 0.550 e. The van der Waals surface area contributed by atoms with Gasteiger partial charge >= 0.3 is 0 Å². The fourth-order valence-electron chi connectivity index (χ4n) is 6.08. The van der Waals surface area contributed by atoms with Gasteiger partial charge in [-0.2, -0.15) is 5.48 Å². The van der Waals surface area contributed by atoms with Crippen molar-refractivity contribution in [3.63, 3.8) is 0 Å². The van der Waals surface area contributed by atoms with E-state index in [4.69, 9.17) is 4.84 Å². The van der Waals surface area contributed by atoms with E-state index in [-0.39, 0.29) is 18.3 Å². The van der Waals surface area contributed by atoms with Crippen LogP contribution in [0.15, 0.2) is 0 Å². The smallest absolute Gasteiger partial charge is 0.183 e. The highest BCUT2D eigenvalue weighted by Gasteiger charge is 2.44. The van der Waals surface area contributed by atoms with E-state index in [1.807, 2.05) is 0 Å². The summed E-state index contributed by atoms with van der Waals surface area (Å²) < 4.78 is 0. The molecule has 4 rings (SSSR count). The number of rotatable bonds is 6. The second kappa shape index (κ2) is 9.58. The van der Waals surface area contributed by atoms with Crippen molar-refractivity contribution in [1.82, 2.24) is 15.7 Å². The van der Waals surface area contributed by atoms with Gasteiger partial charge in [0.15, 0.2) is 6.23 Å². The van der Waals surface area contributed by atoms with Gasteiger partial charge in [-0.1, -0.05) is 0 Å². The predicted octanol–water partition coefficient (Wildman–Crippen LogP) is -2.77. The maximum absolute atomic E-state index is 11.1. The van der Waals surface area contributed by atoms with Crippen LogP contribution in [0.2, 0.25) is 0 Å². The lowest BCUT2D eigenvalue weighted by Gasteiger charge is -2.34. The van der Waals surface area contributed by atoms with Gasteiger partial charge in [-0.3, -0.25) is 15.1 Å². The van der Waals surface area contributed by atoms with E-state index in [9.17, 15) is 9.90 Å². The molecule has 0 aromatic carbocycles. The molecule has 6 atom stereocenters. The minimum Gasteiger partial charge on any atom is -0.550 e. The van der Waals surface area contributed by atoms with Gasteiger partial charge in [0.2, 0.25) is 0 Å². The van der Waals surface area contributed by atoms with E-state index in [1.165, 1.54) is 32.2 Å². The van der Waals surface area contributed by atoms with Gasteiger partial charge in [0.05, 0.1) is 25.8 Å². The maximum Gasteiger partial charge on any atom is 0.183 e. The summed E-state index contributed by atoms with van der Waals surface area (Å²) in [5.74, 6) is 0.162. The summed E-state index contributed by atoms with van der Waals surface area (Å²) in [4.78, 5) is 21.1. The molecule has 5 N–H and O–H groups in total. The molecule has 1 saturated carbocycles.